The lowest BCUT2D eigenvalue weighted by Gasteiger charge is -2.11. The Morgan fingerprint density at radius 3 is 3.06 bits per heavy atom. The van der Waals surface area contributed by atoms with Gasteiger partial charge in [0.25, 0.3) is 0 Å². The van der Waals surface area contributed by atoms with Crippen LogP contribution in [0, 0.1) is 0 Å². The molecule has 0 aromatic heterocycles. The lowest BCUT2D eigenvalue weighted by Crippen LogP contribution is -2.33. The van der Waals surface area contributed by atoms with Crippen LogP contribution in [0.15, 0.2) is 24.3 Å². The highest BCUT2D eigenvalue weighted by Crippen LogP contribution is 2.29. The molecule has 0 aliphatic carbocycles. The molecular formula is C12H15NO3S. The Morgan fingerprint density at radius 1 is 1.59 bits per heavy atom. The number of thioether (sulfide) groups is 1. The fourth-order valence-corrected chi connectivity index (χ4v) is 2.73. The van der Waals surface area contributed by atoms with E-state index in [0.717, 1.165) is 17.9 Å². The Balaban J connectivity index is 1.75. The molecule has 4 nitrogen and oxygen atoms in total. The van der Waals surface area contributed by atoms with Crippen LogP contribution in [0.1, 0.15) is 5.56 Å². The maximum Gasteiger partial charge on any atom is 0.321 e. The number of hydrogen-bond donors (Lipinski definition) is 2. The Morgan fingerprint density at radius 2 is 2.35 bits per heavy atom. The number of carboxylic acids is 1. The predicted octanol–water partition coefficient (Wildman–Crippen LogP) is 1.14. The van der Waals surface area contributed by atoms with Crippen molar-refractivity contribution in [3.05, 3.63) is 29.8 Å². The minimum atomic E-state index is -0.951. The molecule has 2 unspecified atom stereocenters. The zero-order chi connectivity index (χ0) is 12.3. The highest BCUT2D eigenvalue weighted by Gasteiger charge is 2.22. The van der Waals surface area contributed by atoms with E-state index in [2.05, 4.69) is 6.07 Å². The molecule has 2 rings (SSSR count). The second-order valence-corrected chi connectivity index (χ2v) is 5.11. The molecule has 0 radical (unpaired) electrons. The number of ether oxygens (including phenoxy) is 1. The van der Waals surface area contributed by atoms with Crippen LogP contribution >= 0.6 is 11.8 Å². The molecule has 92 valence electrons. The van der Waals surface area contributed by atoms with Gasteiger partial charge in [-0.2, -0.15) is 11.8 Å². The maximum atomic E-state index is 10.5. The quantitative estimate of drug-likeness (QED) is 0.823. The lowest BCUT2D eigenvalue weighted by atomic mass is 10.1. The van der Waals surface area contributed by atoms with E-state index in [-0.39, 0.29) is 6.10 Å². The number of rotatable bonds is 5. The van der Waals surface area contributed by atoms with Gasteiger partial charge in [0, 0.05) is 17.9 Å². The van der Waals surface area contributed by atoms with E-state index in [4.69, 9.17) is 15.6 Å². The Kier molecular flexibility index (Phi) is 3.91. The first-order valence-corrected chi connectivity index (χ1v) is 6.63. The van der Waals surface area contributed by atoms with Gasteiger partial charge in [0.05, 0.1) is 0 Å². The van der Waals surface area contributed by atoms with Crippen molar-refractivity contribution in [1.29, 1.82) is 0 Å². The van der Waals surface area contributed by atoms with Gasteiger partial charge in [-0.3, -0.25) is 4.79 Å². The lowest BCUT2D eigenvalue weighted by molar-refractivity contribution is -0.137. The van der Waals surface area contributed by atoms with Gasteiger partial charge < -0.3 is 15.6 Å². The highest BCUT2D eigenvalue weighted by atomic mass is 32.2. The average molecular weight is 253 g/mol. The summed E-state index contributed by atoms with van der Waals surface area (Å²) in [6.45, 7) is 0. The minimum absolute atomic E-state index is 0.137. The summed E-state index contributed by atoms with van der Waals surface area (Å²) in [5.41, 5.74) is 6.65. The first-order valence-electron chi connectivity index (χ1n) is 5.47. The van der Waals surface area contributed by atoms with E-state index in [9.17, 15) is 4.79 Å². The minimum Gasteiger partial charge on any atom is -0.489 e. The van der Waals surface area contributed by atoms with Gasteiger partial charge in [-0.15, -0.1) is 0 Å². The van der Waals surface area contributed by atoms with Crippen molar-refractivity contribution in [3.63, 3.8) is 0 Å². The third kappa shape index (κ3) is 3.14. The molecular weight excluding hydrogens is 238 g/mol. The van der Waals surface area contributed by atoms with E-state index in [0.29, 0.717) is 5.75 Å². The van der Waals surface area contributed by atoms with Gasteiger partial charge in [0.1, 0.15) is 17.9 Å². The number of carbonyl (C=O) groups is 1. The molecule has 17 heavy (non-hydrogen) atoms. The van der Waals surface area contributed by atoms with Crippen LogP contribution in [0.3, 0.4) is 0 Å². The first kappa shape index (κ1) is 12.3. The van der Waals surface area contributed by atoms with Crippen LogP contribution in [0.25, 0.3) is 0 Å². The second kappa shape index (κ2) is 5.42. The number of benzene rings is 1. The zero-order valence-corrected chi connectivity index (χ0v) is 10.2. The average Bonchev–Trinajstić information content (AvgIpc) is 2.71. The summed E-state index contributed by atoms with van der Waals surface area (Å²) in [6, 6.07) is 7.18. The van der Waals surface area contributed by atoms with Gasteiger partial charge in [-0.1, -0.05) is 18.2 Å². The fourth-order valence-electron chi connectivity index (χ4n) is 1.74. The van der Waals surface area contributed by atoms with Crippen molar-refractivity contribution < 1.29 is 14.6 Å². The van der Waals surface area contributed by atoms with Crippen LogP contribution in [-0.4, -0.2) is 34.7 Å². The van der Waals surface area contributed by atoms with Crippen molar-refractivity contribution in [3.8, 4) is 5.75 Å². The number of fused-ring (bicyclic) bond motifs is 1. The summed E-state index contributed by atoms with van der Waals surface area (Å²) >= 11 is 1.53. The Bertz CT molecular complexity index is 385. The number of aliphatic carboxylic acids is 1. The molecule has 0 bridgehead atoms. The summed E-state index contributed by atoms with van der Waals surface area (Å²) in [4.78, 5) is 10.5. The number of carboxylic acid groups (broad SMARTS) is 1. The van der Waals surface area contributed by atoms with Crippen molar-refractivity contribution in [2.75, 3.05) is 11.5 Å². The SMILES string of the molecule is NC(CSCC1Cc2ccccc2O1)C(=O)O. The molecule has 3 N–H and O–H groups in total. The molecule has 1 aromatic rings. The third-order valence-corrected chi connectivity index (χ3v) is 3.83. The Labute approximate surface area is 104 Å². The normalized spacial score (nSPS) is 19.5. The molecule has 0 amide bonds. The van der Waals surface area contributed by atoms with Crippen molar-refractivity contribution in [2.24, 2.45) is 5.73 Å². The smallest absolute Gasteiger partial charge is 0.321 e. The van der Waals surface area contributed by atoms with Crippen LogP contribution in [0.4, 0.5) is 0 Å². The summed E-state index contributed by atoms with van der Waals surface area (Å²) in [5.74, 6) is 1.19. The van der Waals surface area contributed by atoms with Crippen molar-refractivity contribution >= 4 is 17.7 Å². The van der Waals surface area contributed by atoms with E-state index in [1.807, 2.05) is 18.2 Å². The molecule has 0 spiro atoms. The van der Waals surface area contributed by atoms with Crippen LogP contribution in [-0.2, 0) is 11.2 Å². The Hall–Kier alpha value is -1.20. The zero-order valence-electron chi connectivity index (χ0n) is 9.33. The predicted molar refractivity (Wildman–Crippen MR) is 67.5 cm³/mol. The van der Waals surface area contributed by atoms with Crippen LogP contribution < -0.4 is 10.5 Å². The van der Waals surface area contributed by atoms with Gasteiger partial charge >= 0.3 is 5.97 Å². The topological polar surface area (TPSA) is 72.5 Å². The van der Waals surface area contributed by atoms with Crippen LogP contribution in [0.2, 0.25) is 0 Å². The molecule has 0 saturated carbocycles. The summed E-state index contributed by atoms with van der Waals surface area (Å²) in [6.07, 6.45) is 1.03. The molecule has 1 heterocycles. The largest absolute Gasteiger partial charge is 0.489 e. The van der Waals surface area contributed by atoms with Gasteiger partial charge in [0.15, 0.2) is 0 Å². The maximum absolute atomic E-state index is 10.5. The summed E-state index contributed by atoms with van der Waals surface area (Å²) in [7, 11) is 0. The third-order valence-electron chi connectivity index (χ3n) is 2.63. The standard InChI is InChI=1S/C12H15NO3S/c13-10(12(14)15)7-17-6-9-5-8-3-1-2-4-11(8)16-9/h1-4,9-10H,5-7,13H2,(H,14,15). The van der Waals surface area contributed by atoms with Gasteiger partial charge in [0.2, 0.25) is 0 Å². The second-order valence-electron chi connectivity index (χ2n) is 4.03. The summed E-state index contributed by atoms with van der Waals surface area (Å²) in [5, 5.41) is 8.65. The number of hydrogen-bond acceptors (Lipinski definition) is 4. The first-order chi connectivity index (χ1) is 8.16. The molecule has 1 aliphatic heterocycles. The molecule has 0 saturated heterocycles. The highest BCUT2D eigenvalue weighted by molar-refractivity contribution is 7.99. The van der Waals surface area contributed by atoms with Crippen molar-refractivity contribution in [2.45, 2.75) is 18.6 Å². The monoisotopic (exact) mass is 253 g/mol. The van der Waals surface area contributed by atoms with Gasteiger partial charge in [-0.25, -0.2) is 0 Å². The molecule has 1 aliphatic rings. The molecule has 0 fully saturated rings. The number of para-hydroxylation sites is 1. The van der Waals surface area contributed by atoms with E-state index in [1.54, 1.807) is 0 Å². The molecule has 5 heteroatoms. The van der Waals surface area contributed by atoms with Crippen molar-refractivity contribution in [1.82, 2.24) is 0 Å². The van der Waals surface area contributed by atoms with E-state index >= 15 is 0 Å². The summed E-state index contributed by atoms with van der Waals surface area (Å²) < 4.78 is 5.74. The van der Waals surface area contributed by atoms with E-state index < -0.39 is 12.0 Å². The van der Waals surface area contributed by atoms with Crippen LogP contribution in [0.5, 0.6) is 5.75 Å². The fraction of sp³-hybridized carbons (Fsp3) is 0.417. The molecule has 1 aromatic carbocycles. The number of nitrogens with two attached hydrogens (primary N) is 1. The molecule has 2 atom stereocenters. The van der Waals surface area contributed by atoms with Gasteiger partial charge in [-0.05, 0) is 11.6 Å². The van der Waals surface area contributed by atoms with E-state index in [1.165, 1.54) is 17.3 Å².